The smallest absolute Gasteiger partial charge is 0.168 e. The summed E-state index contributed by atoms with van der Waals surface area (Å²) < 4.78 is 0. The van der Waals surface area contributed by atoms with Crippen LogP contribution >= 0.6 is 0 Å². The molecule has 0 spiro atoms. The molecule has 0 saturated heterocycles. The minimum atomic E-state index is 0.0647. The van der Waals surface area contributed by atoms with E-state index in [0.717, 1.165) is 44.8 Å². The molecule has 1 aliphatic rings. The van der Waals surface area contributed by atoms with E-state index >= 15 is 0 Å². The highest BCUT2D eigenvalue weighted by molar-refractivity contribution is 6.00. The van der Waals surface area contributed by atoms with Crippen LogP contribution in [0.3, 0.4) is 0 Å². The summed E-state index contributed by atoms with van der Waals surface area (Å²) in [5.41, 5.74) is 8.55. The number of allylic oxidation sites excluding steroid dienone is 1. The molecule has 5 nitrogen and oxygen atoms in total. The molecule has 1 N–H and O–H groups in total. The number of rotatable bonds is 7. The lowest BCUT2D eigenvalue weighted by Gasteiger charge is -2.12. The van der Waals surface area contributed by atoms with Gasteiger partial charge in [-0.15, -0.1) is 0 Å². The second-order valence-corrected chi connectivity index (χ2v) is 8.13. The van der Waals surface area contributed by atoms with Gasteiger partial charge in [-0.05, 0) is 66.8 Å². The van der Waals surface area contributed by atoms with Crippen LogP contribution in [0.5, 0.6) is 0 Å². The van der Waals surface area contributed by atoms with Crippen molar-refractivity contribution < 1.29 is 9.59 Å². The van der Waals surface area contributed by atoms with Crippen molar-refractivity contribution in [2.45, 2.75) is 40.2 Å². The summed E-state index contributed by atoms with van der Waals surface area (Å²) in [6.07, 6.45) is 8.06. The molecule has 0 radical (unpaired) electrons. The first-order chi connectivity index (χ1) is 14.9. The topological polar surface area (TPSA) is 72.0 Å². The van der Waals surface area contributed by atoms with Crippen molar-refractivity contribution in [3.05, 3.63) is 93.6 Å². The third kappa shape index (κ3) is 4.77. The minimum Gasteiger partial charge on any atom is -0.380 e. The molecular formula is C26H25N3O2. The highest BCUT2D eigenvalue weighted by atomic mass is 16.1. The van der Waals surface area contributed by atoms with Gasteiger partial charge < -0.3 is 5.32 Å². The largest absolute Gasteiger partial charge is 0.380 e. The Morgan fingerprint density at radius 2 is 1.90 bits per heavy atom. The van der Waals surface area contributed by atoms with Gasteiger partial charge in [0.2, 0.25) is 0 Å². The SMILES string of the molecule is CC(=O)C1=Cc2cc(NCc3cc(CC(=O)c4cncc(C)c4)ccc3C)cnc2C1. The van der Waals surface area contributed by atoms with Gasteiger partial charge in [0.1, 0.15) is 0 Å². The summed E-state index contributed by atoms with van der Waals surface area (Å²) in [5, 5.41) is 3.42. The molecular weight excluding hydrogens is 386 g/mol. The number of hydrogen-bond acceptors (Lipinski definition) is 5. The summed E-state index contributed by atoms with van der Waals surface area (Å²) in [6.45, 7) is 6.22. The number of pyridine rings is 2. The van der Waals surface area contributed by atoms with Crippen molar-refractivity contribution in [1.29, 1.82) is 0 Å². The first kappa shape index (κ1) is 20.7. The zero-order valence-corrected chi connectivity index (χ0v) is 18.0. The molecule has 1 aliphatic carbocycles. The normalized spacial score (nSPS) is 12.3. The molecule has 4 rings (SSSR count). The average Bonchev–Trinajstić information content (AvgIpc) is 3.18. The van der Waals surface area contributed by atoms with E-state index in [0.29, 0.717) is 24.9 Å². The van der Waals surface area contributed by atoms with E-state index in [-0.39, 0.29) is 11.6 Å². The molecule has 0 unspecified atom stereocenters. The van der Waals surface area contributed by atoms with Crippen LogP contribution < -0.4 is 5.32 Å². The molecule has 5 heteroatoms. The predicted octanol–water partition coefficient (Wildman–Crippen LogP) is 4.66. The van der Waals surface area contributed by atoms with Crippen LogP contribution in [-0.4, -0.2) is 21.5 Å². The quantitative estimate of drug-likeness (QED) is 0.573. The minimum absolute atomic E-state index is 0.0647. The molecule has 1 aromatic carbocycles. The fraction of sp³-hybridized carbons (Fsp3) is 0.231. The van der Waals surface area contributed by atoms with E-state index in [4.69, 9.17) is 0 Å². The maximum Gasteiger partial charge on any atom is 0.168 e. The maximum absolute atomic E-state index is 12.6. The Hall–Kier alpha value is -3.60. The summed E-state index contributed by atoms with van der Waals surface area (Å²) in [7, 11) is 0. The summed E-state index contributed by atoms with van der Waals surface area (Å²) in [6, 6.07) is 10.0. The van der Waals surface area contributed by atoms with Crippen LogP contribution in [0.4, 0.5) is 5.69 Å². The third-order valence-electron chi connectivity index (χ3n) is 5.60. The highest BCUT2D eigenvalue weighted by Gasteiger charge is 2.17. The molecule has 0 atom stereocenters. The number of aromatic nitrogens is 2. The summed E-state index contributed by atoms with van der Waals surface area (Å²) in [4.78, 5) is 32.9. The lowest BCUT2D eigenvalue weighted by atomic mass is 9.99. The molecule has 0 fully saturated rings. The van der Waals surface area contributed by atoms with Gasteiger partial charge in [-0.1, -0.05) is 18.2 Å². The number of fused-ring (bicyclic) bond motifs is 1. The molecule has 31 heavy (non-hydrogen) atoms. The number of carbonyl (C=O) groups excluding carboxylic acids is 2. The van der Waals surface area contributed by atoms with Crippen LogP contribution in [0.15, 0.2) is 54.5 Å². The standard InChI is InChI=1S/C26H25N3O2/c1-16-6-23(13-27-12-16)26(31)8-19-5-4-17(2)22(7-19)14-28-24-10-21-9-20(18(3)30)11-25(21)29-15-24/h4-7,9-10,12-13,15,28H,8,11,14H2,1-3H3. The monoisotopic (exact) mass is 411 g/mol. The second kappa shape index (κ2) is 8.64. The Morgan fingerprint density at radius 1 is 1.06 bits per heavy atom. The van der Waals surface area contributed by atoms with Crippen LogP contribution in [0.2, 0.25) is 0 Å². The number of nitrogens with one attached hydrogen (secondary N) is 1. The molecule has 156 valence electrons. The van der Waals surface area contributed by atoms with Crippen molar-refractivity contribution in [1.82, 2.24) is 9.97 Å². The number of Topliss-reactive ketones (excluding diaryl/α,β-unsaturated/α-hetero) is 2. The van der Waals surface area contributed by atoms with Gasteiger partial charge >= 0.3 is 0 Å². The van der Waals surface area contributed by atoms with E-state index in [1.165, 1.54) is 0 Å². The van der Waals surface area contributed by atoms with E-state index < -0.39 is 0 Å². The molecule has 0 aliphatic heterocycles. The van der Waals surface area contributed by atoms with Gasteiger partial charge in [0.05, 0.1) is 17.6 Å². The molecule has 2 aromatic heterocycles. The Bertz CT molecular complexity index is 1210. The molecule has 0 amide bonds. The number of anilines is 1. The Morgan fingerprint density at radius 3 is 2.68 bits per heavy atom. The average molecular weight is 412 g/mol. The van der Waals surface area contributed by atoms with Crippen molar-refractivity contribution in [3.8, 4) is 0 Å². The number of carbonyl (C=O) groups is 2. The van der Waals surface area contributed by atoms with Gasteiger partial charge in [0.25, 0.3) is 0 Å². The Balaban J connectivity index is 1.46. The highest BCUT2D eigenvalue weighted by Crippen LogP contribution is 2.26. The van der Waals surface area contributed by atoms with Crippen molar-refractivity contribution in [3.63, 3.8) is 0 Å². The number of benzene rings is 1. The summed E-state index contributed by atoms with van der Waals surface area (Å²) >= 11 is 0. The lowest BCUT2D eigenvalue weighted by molar-refractivity contribution is -0.113. The van der Waals surface area contributed by atoms with Crippen LogP contribution in [0.1, 0.15) is 50.8 Å². The molecule has 0 saturated carbocycles. The van der Waals surface area contributed by atoms with E-state index in [2.05, 4.69) is 34.3 Å². The second-order valence-electron chi connectivity index (χ2n) is 8.13. The fourth-order valence-electron chi connectivity index (χ4n) is 3.74. The van der Waals surface area contributed by atoms with Gasteiger partial charge in [0.15, 0.2) is 11.6 Å². The predicted molar refractivity (Wildman–Crippen MR) is 122 cm³/mol. The number of nitrogens with zero attached hydrogens (tertiary/aromatic N) is 2. The first-order valence-electron chi connectivity index (χ1n) is 10.4. The van der Waals surface area contributed by atoms with Gasteiger partial charge in [-0.3, -0.25) is 19.6 Å². The zero-order chi connectivity index (χ0) is 22.0. The van der Waals surface area contributed by atoms with E-state index in [9.17, 15) is 9.59 Å². The summed E-state index contributed by atoms with van der Waals surface area (Å²) in [5.74, 6) is 0.158. The molecule has 2 heterocycles. The fourth-order valence-corrected chi connectivity index (χ4v) is 3.74. The number of ketones is 2. The van der Waals surface area contributed by atoms with Gasteiger partial charge in [-0.25, -0.2) is 0 Å². The number of hydrogen-bond donors (Lipinski definition) is 1. The van der Waals surface area contributed by atoms with Crippen LogP contribution in [0.25, 0.3) is 6.08 Å². The lowest BCUT2D eigenvalue weighted by Crippen LogP contribution is -2.07. The van der Waals surface area contributed by atoms with Gasteiger partial charge in [-0.2, -0.15) is 0 Å². The Labute approximate surface area is 182 Å². The van der Waals surface area contributed by atoms with E-state index in [1.54, 1.807) is 19.3 Å². The van der Waals surface area contributed by atoms with Gasteiger partial charge in [0, 0.05) is 42.9 Å². The molecule has 0 bridgehead atoms. The molecule has 3 aromatic rings. The first-order valence-corrected chi connectivity index (χ1v) is 10.4. The van der Waals surface area contributed by atoms with Crippen LogP contribution in [-0.2, 0) is 24.2 Å². The zero-order valence-electron chi connectivity index (χ0n) is 18.0. The Kier molecular flexibility index (Phi) is 5.76. The van der Waals surface area contributed by atoms with Crippen LogP contribution in [0, 0.1) is 13.8 Å². The third-order valence-corrected chi connectivity index (χ3v) is 5.60. The van der Waals surface area contributed by atoms with Crippen molar-refractivity contribution in [2.75, 3.05) is 5.32 Å². The van der Waals surface area contributed by atoms with E-state index in [1.807, 2.05) is 37.4 Å². The number of aryl methyl sites for hydroxylation is 2. The van der Waals surface area contributed by atoms with Crippen molar-refractivity contribution >= 4 is 23.3 Å². The maximum atomic E-state index is 12.6. The van der Waals surface area contributed by atoms with Crippen molar-refractivity contribution in [2.24, 2.45) is 0 Å².